The molecule has 124 valence electrons. The molecule has 24 heavy (non-hydrogen) atoms. The lowest BCUT2D eigenvalue weighted by Crippen LogP contribution is -2.22. The van der Waals surface area contributed by atoms with E-state index in [2.05, 4.69) is 15.5 Å². The number of aromatic nitrogens is 3. The Morgan fingerprint density at radius 1 is 1.33 bits per heavy atom. The van der Waals surface area contributed by atoms with E-state index in [1.54, 1.807) is 30.4 Å². The van der Waals surface area contributed by atoms with Gasteiger partial charge in [-0.05, 0) is 36.6 Å². The summed E-state index contributed by atoms with van der Waals surface area (Å²) < 4.78 is 15.0. The maximum atomic E-state index is 13.2. The quantitative estimate of drug-likeness (QED) is 0.701. The molecule has 0 spiro atoms. The van der Waals surface area contributed by atoms with Gasteiger partial charge in [0.1, 0.15) is 5.82 Å². The Morgan fingerprint density at radius 2 is 2.17 bits per heavy atom. The fraction of sp³-hybridized carbons (Fsp3) is 0.188. The van der Waals surface area contributed by atoms with E-state index in [9.17, 15) is 9.18 Å². The predicted octanol–water partition coefficient (Wildman–Crippen LogP) is 3.80. The lowest BCUT2D eigenvalue weighted by molar-refractivity contribution is -0.115. The van der Waals surface area contributed by atoms with Gasteiger partial charge in [-0.2, -0.15) is 0 Å². The largest absolute Gasteiger partial charge is 0.325 e. The highest BCUT2D eigenvalue weighted by atomic mass is 32.2. The van der Waals surface area contributed by atoms with Gasteiger partial charge in [0.25, 0.3) is 0 Å². The van der Waals surface area contributed by atoms with Crippen molar-refractivity contribution in [3.05, 3.63) is 47.6 Å². The van der Waals surface area contributed by atoms with Crippen LogP contribution in [0.15, 0.2) is 46.9 Å². The zero-order valence-electron chi connectivity index (χ0n) is 13.1. The summed E-state index contributed by atoms with van der Waals surface area (Å²) in [6.07, 6.45) is 0. The van der Waals surface area contributed by atoms with Crippen LogP contribution in [0, 0.1) is 5.82 Å². The smallest absolute Gasteiger partial charge is 0.237 e. The van der Waals surface area contributed by atoms with Crippen LogP contribution in [0.5, 0.6) is 0 Å². The monoisotopic (exact) mass is 362 g/mol. The van der Waals surface area contributed by atoms with Crippen LogP contribution in [0.25, 0.3) is 10.7 Å². The number of amides is 1. The van der Waals surface area contributed by atoms with Crippen molar-refractivity contribution in [2.75, 3.05) is 5.32 Å². The highest BCUT2D eigenvalue weighted by molar-refractivity contribution is 8.00. The van der Waals surface area contributed by atoms with Gasteiger partial charge < -0.3 is 9.88 Å². The molecule has 0 aliphatic carbocycles. The summed E-state index contributed by atoms with van der Waals surface area (Å²) >= 11 is 2.89. The molecule has 2 aromatic heterocycles. The van der Waals surface area contributed by atoms with Crippen LogP contribution in [-0.4, -0.2) is 25.9 Å². The number of nitrogens with zero attached hydrogens (tertiary/aromatic N) is 3. The van der Waals surface area contributed by atoms with Crippen LogP contribution in [0.1, 0.15) is 6.92 Å². The molecule has 0 saturated heterocycles. The molecule has 3 rings (SSSR count). The van der Waals surface area contributed by atoms with E-state index < -0.39 is 5.25 Å². The van der Waals surface area contributed by atoms with Crippen molar-refractivity contribution in [3.8, 4) is 10.7 Å². The number of nitrogens with one attached hydrogen (secondary N) is 1. The van der Waals surface area contributed by atoms with Crippen molar-refractivity contribution in [3.63, 3.8) is 0 Å². The van der Waals surface area contributed by atoms with E-state index in [0.717, 1.165) is 10.7 Å². The average molecular weight is 362 g/mol. The number of halogens is 1. The molecule has 1 N–H and O–H groups in total. The van der Waals surface area contributed by atoms with Crippen LogP contribution in [0.2, 0.25) is 0 Å². The van der Waals surface area contributed by atoms with Crippen molar-refractivity contribution in [1.82, 2.24) is 14.8 Å². The number of rotatable bonds is 5. The fourth-order valence-corrected chi connectivity index (χ4v) is 3.62. The number of carbonyl (C=O) groups excluding carboxylic acids is 1. The first kappa shape index (κ1) is 16.7. The van der Waals surface area contributed by atoms with E-state index in [-0.39, 0.29) is 11.7 Å². The second-order valence-corrected chi connectivity index (χ2v) is 7.36. The number of hydrogen-bond acceptors (Lipinski definition) is 5. The molecule has 0 fully saturated rings. The van der Waals surface area contributed by atoms with Gasteiger partial charge in [-0.1, -0.05) is 23.9 Å². The van der Waals surface area contributed by atoms with Crippen LogP contribution in [-0.2, 0) is 11.8 Å². The van der Waals surface area contributed by atoms with Gasteiger partial charge in [0.15, 0.2) is 11.0 Å². The molecular formula is C16H15FN4OS2. The SMILES string of the molecule is CC(Sc1nnc(-c2cccs2)n1C)C(=O)Nc1cccc(F)c1. The van der Waals surface area contributed by atoms with Crippen molar-refractivity contribution >= 4 is 34.7 Å². The topological polar surface area (TPSA) is 59.8 Å². The first-order chi connectivity index (χ1) is 11.5. The molecule has 0 aliphatic heterocycles. The Hall–Kier alpha value is -2.19. The second-order valence-electron chi connectivity index (χ2n) is 5.10. The second kappa shape index (κ2) is 7.14. The van der Waals surface area contributed by atoms with Crippen molar-refractivity contribution in [2.24, 2.45) is 7.05 Å². The average Bonchev–Trinajstić information content (AvgIpc) is 3.18. The lowest BCUT2D eigenvalue weighted by atomic mass is 10.3. The van der Waals surface area contributed by atoms with E-state index in [4.69, 9.17) is 0 Å². The van der Waals surface area contributed by atoms with Crippen LogP contribution < -0.4 is 5.32 Å². The van der Waals surface area contributed by atoms with Crippen LogP contribution >= 0.6 is 23.1 Å². The third-order valence-corrected chi connectivity index (χ3v) is 5.32. The van der Waals surface area contributed by atoms with Gasteiger partial charge in [0.2, 0.25) is 5.91 Å². The van der Waals surface area contributed by atoms with Gasteiger partial charge in [-0.15, -0.1) is 21.5 Å². The molecule has 1 amide bonds. The van der Waals surface area contributed by atoms with Gasteiger partial charge in [-0.25, -0.2) is 4.39 Å². The number of carbonyl (C=O) groups is 1. The molecule has 5 nitrogen and oxygen atoms in total. The Kier molecular flexibility index (Phi) is 4.96. The van der Waals surface area contributed by atoms with Gasteiger partial charge >= 0.3 is 0 Å². The van der Waals surface area contributed by atoms with Crippen molar-refractivity contribution < 1.29 is 9.18 Å². The number of benzene rings is 1. The fourth-order valence-electron chi connectivity index (χ4n) is 2.06. The van der Waals surface area contributed by atoms with Gasteiger partial charge in [-0.3, -0.25) is 4.79 Å². The highest BCUT2D eigenvalue weighted by Crippen LogP contribution is 2.28. The van der Waals surface area contributed by atoms with E-state index >= 15 is 0 Å². The molecule has 0 radical (unpaired) electrons. The highest BCUT2D eigenvalue weighted by Gasteiger charge is 2.19. The zero-order valence-corrected chi connectivity index (χ0v) is 14.7. The van der Waals surface area contributed by atoms with Crippen molar-refractivity contribution in [1.29, 1.82) is 0 Å². The standard InChI is InChI=1S/C16H15FN4OS2/c1-10(15(22)18-12-6-3-5-11(17)9-12)24-16-20-19-14(21(16)2)13-7-4-8-23-13/h3-10H,1-2H3,(H,18,22). The molecular weight excluding hydrogens is 347 g/mol. The maximum absolute atomic E-state index is 13.2. The summed E-state index contributed by atoms with van der Waals surface area (Å²) in [5.74, 6) is 0.165. The number of hydrogen-bond donors (Lipinski definition) is 1. The van der Waals surface area contributed by atoms with E-state index in [1.807, 2.05) is 29.1 Å². The Bertz CT molecular complexity index is 848. The third kappa shape index (κ3) is 3.65. The molecule has 2 heterocycles. The first-order valence-corrected chi connectivity index (χ1v) is 8.97. The number of thiophene rings is 1. The van der Waals surface area contributed by atoms with E-state index in [1.165, 1.54) is 23.9 Å². The Balaban J connectivity index is 1.68. The zero-order chi connectivity index (χ0) is 17.1. The summed E-state index contributed by atoms with van der Waals surface area (Å²) in [4.78, 5) is 13.3. The summed E-state index contributed by atoms with van der Waals surface area (Å²) in [6.45, 7) is 1.78. The van der Waals surface area contributed by atoms with Crippen LogP contribution in [0.4, 0.5) is 10.1 Å². The summed E-state index contributed by atoms with van der Waals surface area (Å²) in [5, 5.41) is 13.3. The van der Waals surface area contributed by atoms with Crippen molar-refractivity contribution in [2.45, 2.75) is 17.3 Å². The number of thioether (sulfide) groups is 1. The normalized spacial score (nSPS) is 12.1. The van der Waals surface area contributed by atoms with Gasteiger partial charge in [0.05, 0.1) is 10.1 Å². The molecule has 1 aromatic carbocycles. The summed E-state index contributed by atoms with van der Waals surface area (Å²) in [5.41, 5.74) is 0.435. The Labute approximate surface area is 146 Å². The Morgan fingerprint density at radius 3 is 2.88 bits per heavy atom. The van der Waals surface area contributed by atoms with Gasteiger partial charge in [0, 0.05) is 12.7 Å². The molecule has 3 aromatic rings. The summed E-state index contributed by atoms with van der Waals surface area (Å²) in [6, 6.07) is 9.75. The molecule has 8 heteroatoms. The molecule has 1 atom stereocenters. The molecule has 0 bridgehead atoms. The summed E-state index contributed by atoms with van der Waals surface area (Å²) in [7, 11) is 1.87. The minimum Gasteiger partial charge on any atom is -0.325 e. The predicted molar refractivity (Wildman–Crippen MR) is 94.7 cm³/mol. The first-order valence-electron chi connectivity index (χ1n) is 7.21. The third-order valence-electron chi connectivity index (χ3n) is 3.32. The van der Waals surface area contributed by atoms with E-state index in [0.29, 0.717) is 10.8 Å². The maximum Gasteiger partial charge on any atom is 0.237 e. The molecule has 0 aliphatic rings. The minimum atomic E-state index is -0.396. The minimum absolute atomic E-state index is 0.216. The lowest BCUT2D eigenvalue weighted by Gasteiger charge is -2.11. The number of anilines is 1. The van der Waals surface area contributed by atoms with Crippen LogP contribution in [0.3, 0.4) is 0 Å². The molecule has 0 saturated carbocycles. The molecule has 1 unspecified atom stereocenters.